The minimum absolute atomic E-state index is 0.0484. The van der Waals surface area contributed by atoms with Crippen LogP contribution in [0.1, 0.15) is 18.1 Å². The number of hydrogen-bond donors (Lipinski definition) is 2. The molecule has 0 aromatic heterocycles. The fourth-order valence-corrected chi connectivity index (χ4v) is 2.18. The van der Waals surface area contributed by atoms with Gasteiger partial charge in [-0.25, -0.2) is 0 Å². The highest BCUT2D eigenvalue weighted by molar-refractivity contribution is 5.93. The molecule has 0 saturated heterocycles. The molecule has 110 valence electrons. The average Bonchev–Trinajstić information content (AvgIpc) is 2.49. The number of rotatable bonds is 5. The molecule has 0 spiro atoms. The number of benzene rings is 2. The summed E-state index contributed by atoms with van der Waals surface area (Å²) in [5, 5.41) is 2.98. The molecule has 0 bridgehead atoms. The Bertz CT molecular complexity index is 578. The van der Waals surface area contributed by atoms with Gasteiger partial charge in [0.2, 0.25) is 0 Å². The third-order valence-electron chi connectivity index (χ3n) is 3.78. The zero-order valence-electron chi connectivity index (χ0n) is 12.9. The number of carbonyl (C=O) groups is 1. The second kappa shape index (κ2) is 7.04. The summed E-state index contributed by atoms with van der Waals surface area (Å²) in [6, 6.07) is 18.0. The Morgan fingerprint density at radius 2 is 1.71 bits per heavy atom. The minimum Gasteiger partial charge on any atom is -0.324 e. The Labute approximate surface area is 126 Å². The second-order valence-electron chi connectivity index (χ2n) is 5.59. The molecular weight excluding hydrogens is 260 g/mol. The van der Waals surface area contributed by atoms with Crippen molar-refractivity contribution in [3.05, 3.63) is 65.7 Å². The van der Waals surface area contributed by atoms with Gasteiger partial charge in [-0.2, -0.15) is 0 Å². The highest BCUT2D eigenvalue weighted by Crippen LogP contribution is 2.08. The van der Waals surface area contributed by atoms with E-state index in [0.29, 0.717) is 0 Å². The number of nitrogens with one attached hydrogen (secondary N) is 2. The van der Waals surface area contributed by atoms with Crippen molar-refractivity contribution in [3.8, 4) is 0 Å². The molecule has 0 radical (unpaired) electrons. The lowest BCUT2D eigenvalue weighted by Crippen LogP contribution is -3.12. The second-order valence-corrected chi connectivity index (χ2v) is 5.59. The molecule has 3 heteroatoms. The monoisotopic (exact) mass is 283 g/mol. The summed E-state index contributed by atoms with van der Waals surface area (Å²) < 4.78 is 0. The number of aryl methyl sites for hydroxylation is 1. The van der Waals surface area contributed by atoms with E-state index in [1.54, 1.807) is 0 Å². The highest BCUT2D eigenvalue weighted by atomic mass is 16.2. The predicted molar refractivity (Wildman–Crippen MR) is 86.3 cm³/mol. The fraction of sp³-hybridized carbons (Fsp3) is 0.278. The molecule has 0 aliphatic heterocycles. The summed E-state index contributed by atoms with van der Waals surface area (Å²) in [6.07, 6.45) is 0. The third kappa shape index (κ3) is 4.43. The SMILES string of the molecule is Cc1ccc(NC(=O)[C@@H](C)[NH+](C)Cc2ccccc2)cc1. The van der Waals surface area contributed by atoms with Gasteiger partial charge in [-0.3, -0.25) is 4.79 Å². The molecule has 2 atom stereocenters. The van der Waals surface area contributed by atoms with Gasteiger partial charge in [-0.1, -0.05) is 48.0 Å². The standard InChI is InChI=1S/C18H22N2O/c1-14-9-11-17(12-10-14)19-18(21)15(2)20(3)13-16-7-5-4-6-8-16/h4-12,15H,13H2,1-3H3,(H,19,21)/p+1/t15-/m1/s1. The first kappa shape index (κ1) is 15.3. The van der Waals surface area contributed by atoms with Crippen LogP contribution in [0.15, 0.2) is 54.6 Å². The van der Waals surface area contributed by atoms with Gasteiger partial charge in [0.1, 0.15) is 6.54 Å². The van der Waals surface area contributed by atoms with Crippen LogP contribution in [0.2, 0.25) is 0 Å². The quantitative estimate of drug-likeness (QED) is 0.865. The summed E-state index contributed by atoms with van der Waals surface area (Å²) >= 11 is 0. The first-order valence-corrected chi connectivity index (χ1v) is 7.30. The van der Waals surface area contributed by atoms with E-state index in [9.17, 15) is 4.79 Å². The van der Waals surface area contributed by atoms with E-state index >= 15 is 0 Å². The van der Waals surface area contributed by atoms with Crippen LogP contribution in [-0.2, 0) is 11.3 Å². The van der Waals surface area contributed by atoms with Gasteiger partial charge in [-0.15, -0.1) is 0 Å². The van der Waals surface area contributed by atoms with Crippen LogP contribution >= 0.6 is 0 Å². The molecule has 0 heterocycles. The maximum atomic E-state index is 12.3. The number of quaternary nitrogens is 1. The largest absolute Gasteiger partial charge is 0.324 e. The van der Waals surface area contributed by atoms with Crippen LogP contribution in [0.4, 0.5) is 5.69 Å². The van der Waals surface area contributed by atoms with Gasteiger partial charge < -0.3 is 10.2 Å². The summed E-state index contributed by atoms with van der Waals surface area (Å²) in [6.45, 7) is 4.83. The topological polar surface area (TPSA) is 33.5 Å². The number of anilines is 1. The van der Waals surface area contributed by atoms with Gasteiger partial charge in [0.25, 0.3) is 5.91 Å². The van der Waals surface area contributed by atoms with Crippen molar-refractivity contribution < 1.29 is 9.69 Å². The van der Waals surface area contributed by atoms with Crippen molar-refractivity contribution in [1.29, 1.82) is 0 Å². The van der Waals surface area contributed by atoms with Crippen molar-refractivity contribution in [2.24, 2.45) is 0 Å². The van der Waals surface area contributed by atoms with Gasteiger partial charge in [-0.05, 0) is 26.0 Å². The van der Waals surface area contributed by atoms with Crippen molar-refractivity contribution >= 4 is 11.6 Å². The number of likely N-dealkylation sites (N-methyl/N-ethyl adjacent to an activating group) is 1. The Morgan fingerprint density at radius 3 is 2.33 bits per heavy atom. The maximum Gasteiger partial charge on any atom is 0.282 e. The van der Waals surface area contributed by atoms with Crippen molar-refractivity contribution in [1.82, 2.24) is 0 Å². The molecular formula is C18H23N2O+. The van der Waals surface area contributed by atoms with Gasteiger partial charge >= 0.3 is 0 Å². The average molecular weight is 283 g/mol. The van der Waals surface area contributed by atoms with Gasteiger partial charge in [0.05, 0.1) is 7.05 Å². The molecule has 0 aliphatic rings. The van der Waals surface area contributed by atoms with E-state index in [2.05, 4.69) is 17.4 Å². The Balaban J connectivity index is 1.93. The van der Waals surface area contributed by atoms with Crippen LogP contribution in [-0.4, -0.2) is 19.0 Å². The lowest BCUT2D eigenvalue weighted by Gasteiger charge is -2.21. The molecule has 2 aromatic rings. The Hall–Kier alpha value is -2.13. The lowest BCUT2D eigenvalue weighted by atomic mass is 10.2. The Morgan fingerprint density at radius 1 is 1.10 bits per heavy atom. The molecule has 21 heavy (non-hydrogen) atoms. The van der Waals surface area contributed by atoms with Crippen LogP contribution in [0.25, 0.3) is 0 Å². The predicted octanol–water partition coefficient (Wildman–Crippen LogP) is 2.04. The van der Waals surface area contributed by atoms with E-state index in [0.717, 1.165) is 12.2 Å². The smallest absolute Gasteiger partial charge is 0.282 e. The number of amides is 1. The first-order chi connectivity index (χ1) is 10.1. The zero-order chi connectivity index (χ0) is 15.2. The number of hydrogen-bond acceptors (Lipinski definition) is 1. The molecule has 0 saturated carbocycles. The van der Waals surface area contributed by atoms with E-state index in [-0.39, 0.29) is 11.9 Å². The molecule has 2 rings (SSSR count). The minimum atomic E-state index is -0.105. The summed E-state index contributed by atoms with van der Waals surface area (Å²) in [5.41, 5.74) is 3.28. The van der Waals surface area contributed by atoms with Crippen LogP contribution in [0, 0.1) is 6.92 Å². The van der Waals surface area contributed by atoms with Crippen molar-refractivity contribution in [3.63, 3.8) is 0 Å². The van der Waals surface area contributed by atoms with Crippen molar-refractivity contribution in [2.75, 3.05) is 12.4 Å². The third-order valence-corrected chi connectivity index (χ3v) is 3.78. The van der Waals surface area contributed by atoms with Gasteiger partial charge in [0, 0.05) is 11.3 Å². The summed E-state index contributed by atoms with van der Waals surface area (Å²) in [4.78, 5) is 13.5. The highest BCUT2D eigenvalue weighted by Gasteiger charge is 2.21. The maximum absolute atomic E-state index is 12.3. The Kier molecular flexibility index (Phi) is 5.12. The van der Waals surface area contributed by atoms with Crippen LogP contribution < -0.4 is 10.2 Å². The fourth-order valence-electron chi connectivity index (χ4n) is 2.18. The lowest BCUT2D eigenvalue weighted by molar-refractivity contribution is -0.907. The van der Waals surface area contributed by atoms with Crippen molar-refractivity contribution in [2.45, 2.75) is 26.4 Å². The molecule has 2 N–H and O–H groups in total. The molecule has 0 fully saturated rings. The molecule has 1 unspecified atom stereocenters. The van der Waals surface area contributed by atoms with Crippen LogP contribution in [0.3, 0.4) is 0 Å². The van der Waals surface area contributed by atoms with Gasteiger partial charge in [0.15, 0.2) is 6.04 Å². The zero-order valence-corrected chi connectivity index (χ0v) is 12.9. The normalized spacial score (nSPS) is 13.5. The summed E-state index contributed by atoms with van der Waals surface area (Å²) in [7, 11) is 2.05. The van der Waals surface area contributed by atoms with E-state index in [1.165, 1.54) is 16.0 Å². The van der Waals surface area contributed by atoms with Crippen LogP contribution in [0.5, 0.6) is 0 Å². The molecule has 3 nitrogen and oxygen atoms in total. The molecule has 2 aromatic carbocycles. The number of carbonyl (C=O) groups excluding carboxylic acids is 1. The summed E-state index contributed by atoms with van der Waals surface area (Å²) in [5.74, 6) is 0.0484. The van der Waals surface area contributed by atoms with E-state index in [4.69, 9.17) is 0 Å². The van der Waals surface area contributed by atoms with E-state index < -0.39 is 0 Å². The first-order valence-electron chi connectivity index (χ1n) is 7.30. The molecule has 1 amide bonds. The molecule has 0 aliphatic carbocycles. The van der Waals surface area contributed by atoms with E-state index in [1.807, 2.05) is 63.4 Å².